The molecule has 0 spiro atoms. The number of hydrogen-bond donors (Lipinski definition) is 2. The fourth-order valence-corrected chi connectivity index (χ4v) is 3.14. The van der Waals surface area contributed by atoms with Crippen molar-refractivity contribution in [3.05, 3.63) is 59.2 Å². The average molecular weight is 403 g/mol. The number of aliphatic hydroxyl groups excluding tert-OH is 2. The van der Waals surface area contributed by atoms with Gasteiger partial charge in [-0.25, -0.2) is 0 Å². The van der Waals surface area contributed by atoms with Gasteiger partial charge in [0.2, 0.25) is 0 Å². The Kier molecular flexibility index (Phi) is 9.98. The van der Waals surface area contributed by atoms with Crippen LogP contribution in [-0.4, -0.2) is 49.9 Å². The summed E-state index contributed by atoms with van der Waals surface area (Å²) in [5.41, 5.74) is 3.71. The van der Waals surface area contributed by atoms with Crippen LogP contribution in [-0.2, 0) is 11.2 Å². The molecule has 5 heteroatoms. The van der Waals surface area contributed by atoms with Crippen LogP contribution in [0.25, 0.3) is 0 Å². The van der Waals surface area contributed by atoms with Gasteiger partial charge in [-0.2, -0.15) is 0 Å². The molecule has 0 heterocycles. The topological polar surface area (TPSA) is 68.2 Å². The highest BCUT2D eigenvalue weighted by molar-refractivity contribution is 5.40. The quantitative estimate of drug-likeness (QED) is 0.497. The van der Waals surface area contributed by atoms with Gasteiger partial charge in [-0.3, -0.25) is 0 Å². The number of benzene rings is 2. The summed E-state index contributed by atoms with van der Waals surface area (Å²) >= 11 is 0. The van der Waals surface area contributed by atoms with E-state index in [2.05, 4.69) is 51.1 Å². The van der Waals surface area contributed by atoms with Crippen LogP contribution < -0.4 is 9.47 Å². The highest BCUT2D eigenvalue weighted by atomic mass is 16.5. The molecule has 0 radical (unpaired) electrons. The zero-order valence-electron chi connectivity index (χ0n) is 17.8. The first-order valence-electron chi connectivity index (χ1n) is 10.3. The molecule has 0 fully saturated rings. The van der Waals surface area contributed by atoms with Crippen molar-refractivity contribution in [2.24, 2.45) is 0 Å². The molecular formula is C24H34O5. The van der Waals surface area contributed by atoms with E-state index in [4.69, 9.17) is 24.4 Å². The van der Waals surface area contributed by atoms with Crippen molar-refractivity contribution in [1.82, 2.24) is 0 Å². The summed E-state index contributed by atoms with van der Waals surface area (Å²) in [5.74, 6) is 2.42. The van der Waals surface area contributed by atoms with E-state index >= 15 is 0 Å². The molecule has 0 saturated heterocycles. The highest BCUT2D eigenvalue weighted by Crippen LogP contribution is 2.30. The van der Waals surface area contributed by atoms with E-state index in [1.165, 1.54) is 16.7 Å². The number of hydrogen-bond acceptors (Lipinski definition) is 5. The zero-order valence-corrected chi connectivity index (χ0v) is 17.8. The molecule has 0 aliphatic heterocycles. The Hall–Kier alpha value is -2.08. The van der Waals surface area contributed by atoms with Crippen molar-refractivity contribution in [1.29, 1.82) is 0 Å². The van der Waals surface area contributed by atoms with Gasteiger partial charge >= 0.3 is 0 Å². The maximum absolute atomic E-state index is 8.87. The first-order chi connectivity index (χ1) is 14.0. The minimum atomic E-state index is 0.0121. The fourth-order valence-electron chi connectivity index (χ4n) is 3.14. The third-order valence-electron chi connectivity index (χ3n) is 4.81. The molecule has 0 aliphatic rings. The third kappa shape index (κ3) is 7.69. The van der Waals surface area contributed by atoms with Gasteiger partial charge in [-0.05, 0) is 53.1 Å². The molecule has 0 amide bonds. The van der Waals surface area contributed by atoms with E-state index < -0.39 is 0 Å². The van der Waals surface area contributed by atoms with E-state index in [0.29, 0.717) is 38.3 Å². The van der Waals surface area contributed by atoms with Gasteiger partial charge in [0, 0.05) is 0 Å². The zero-order chi connectivity index (χ0) is 21.1. The standard InChI is InChI=1S/C24H34O5/c1-18(2)21-6-9-24(29-15-14-27-12-10-25)22(17-21)16-19(3)20-4-7-23(8-5-20)28-13-11-26/h4-9,17-19,25-26H,10-16H2,1-3H3/t19-/m1/s1. The number of rotatable bonds is 13. The van der Waals surface area contributed by atoms with Crippen LogP contribution >= 0.6 is 0 Å². The van der Waals surface area contributed by atoms with E-state index in [0.717, 1.165) is 17.9 Å². The molecule has 2 N–H and O–H groups in total. The molecule has 0 aliphatic carbocycles. The summed E-state index contributed by atoms with van der Waals surface area (Å²) in [6.45, 7) is 8.18. The summed E-state index contributed by atoms with van der Waals surface area (Å²) in [4.78, 5) is 0. The SMILES string of the molecule is CC(C)c1ccc(OCCOCCO)c(C[C@@H](C)c2ccc(OCCO)cc2)c1. The smallest absolute Gasteiger partial charge is 0.122 e. The molecule has 0 saturated carbocycles. The van der Waals surface area contributed by atoms with Gasteiger partial charge < -0.3 is 24.4 Å². The average Bonchev–Trinajstić information content (AvgIpc) is 2.73. The highest BCUT2D eigenvalue weighted by Gasteiger charge is 2.13. The largest absolute Gasteiger partial charge is 0.491 e. The monoisotopic (exact) mass is 402 g/mol. The molecule has 2 rings (SSSR count). The first-order valence-corrected chi connectivity index (χ1v) is 10.3. The second-order valence-electron chi connectivity index (χ2n) is 7.45. The molecule has 5 nitrogen and oxygen atoms in total. The lowest BCUT2D eigenvalue weighted by Gasteiger charge is -2.18. The van der Waals surface area contributed by atoms with Gasteiger partial charge in [0.1, 0.15) is 24.7 Å². The van der Waals surface area contributed by atoms with Crippen LogP contribution in [0.1, 0.15) is 49.3 Å². The van der Waals surface area contributed by atoms with Crippen molar-refractivity contribution in [3.63, 3.8) is 0 Å². The van der Waals surface area contributed by atoms with E-state index in [1.807, 2.05) is 12.1 Å². The molecule has 2 aromatic rings. The molecule has 0 bridgehead atoms. The van der Waals surface area contributed by atoms with Crippen molar-refractivity contribution in [2.75, 3.05) is 39.6 Å². The molecule has 0 aromatic heterocycles. The maximum Gasteiger partial charge on any atom is 0.122 e. The van der Waals surface area contributed by atoms with Crippen molar-refractivity contribution in [2.45, 2.75) is 39.0 Å². The minimum absolute atomic E-state index is 0.0121. The van der Waals surface area contributed by atoms with Crippen LogP contribution in [0.3, 0.4) is 0 Å². The summed E-state index contributed by atoms with van der Waals surface area (Å²) in [6, 6.07) is 14.5. The normalized spacial score (nSPS) is 12.2. The van der Waals surface area contributed by atoms with Gasteiger partial charge in [-0.1, -0.05) is 45.0 Å². The number of ether oxygens (including phenoxy) is 3. The first kappa shape index (κ1) is 23.2. The summed E-state index contributed by atoms with van der Waals surface area (Å²) in [5, 5.41) is 17.7. The van der Waals surface area contributed by atoms with Gasteiger partial charge in [-0.15, -0.1) is 0 Å². The van der Waals surface area contributed by atoms with Crippen LogP contribution in [0.15, 0.2) is 42.5 Å². The van der Waals surface area contributed by atoms with Crippen LogP contribution in [0.5, 0.6) is 11.5 Å². The summed E-state index contributed by atoms with van der Waals surface area (Å²) in [6.07, 6.45) is 0.865. The molecule has 0 unspecified atom stereocenters. The van der Waals surface area contributed by atoms with Crippen LogP contribution in [0.2, 0.25) is 0 Å². The van der Waals surface area contributed by atoms with Crippen molar-refractivity contribution >= 4 is 0 Å². The second kappa shape index (κ2) is 12.5. The van der Waals surface area contributed by atoms with E-state index in [1.54, 1.807) is 0 Å². The Morgan fingerprint density at radius 2 is 1.45 bits per heavy atom. The molecular weight excluding hydrogens is 368 g/mol. The lowest BCUT2D eigenvalue weighted by molar-refractivity contribution is 0.0703. The molecule has 160 valence electrons. The maximum atomic E-state index is 8.87. The van der Waals surface area contributed by atoms with Gasteiger partial charge in [0.25, 0.3) is 0 Å². The predicted octanol–water partition coefficient (Wildman–Crippen LogP) is 3.92. The van der Waals surface area contributed by atoms with Crippen molar-refractivity contribution in [3.8, 4) is 11.5 Å². The Morgan fingerprint density at radius 3 is 2.10 bits per heavy atom. The van der Waals surface area contributed by atoms with E-state index in [9.17, 15) is 0 Å². The third-order valence-corrected chi connectivity index (χ3v) is 4.81. The Balaban J connectivity index is 2.08. The van der Waals surface area contributed by atoms with Crippen LogP contribution in [0, 0.1) is 0 Å². The van der Waals surface area contributed by atoms with Gasteiger partial charge in [0.15, 0.2) is 0 Å². The lowest BCUT2D eigenvalue weighted by atomic mass is 9.91. The summed E-state index contributed by atoms with van der Waals surface area (Å²) < 4.78 is 16.7. The van der Waals surface area contributed by atoms with Gasteiger partial charge in [0.05, 0.1) is 26.4 Å². The molecule has 29 heavy (non-hydrogen) atoms. The number of aliphatic hydroxyl groups is 2. The Bertz CT molecular complexity index is 712. The Labute approximate surface area is 174 Å². The second-order valence-corrected chi connectivity index (χ2v) is 7.45. The predicted molar refractivity (Wildman–Crippen MR) is 115 cm³/mol. The molecule has 1 atom stereocenters. The van der Waals surface area contributed by atoms with Crippen molar-refractivity contribution < 1.29 is 24.4 Å². The lowest BCUT2D eigenvalue weighted by Crippen LogP contribution is -2.11. The summed E-state index contributed by atoms with van der Waals surface area (Å²) in [7, 11) is 0. The Morgan fingerprint density at radius 1 is 0.759 bits per heavy atom. The van der Waals surface area contributed by atoms with E-state index in [-0.39, 0.29) is 13.2 Å². The fraction of sp³-hybridized carbons (Fsp3) is 0.500. The molecule has 2 aromatic carbocycles. The minimum Gasteiger partial charge on any atom is -0.491 e. The van der Waals surface area contributed by atoms with Crippen LogP contribution in [0.4, 0.5) is 0 Å².